The first-order valence-electron chi connectivity index (χ1n) is 5.49. The standard InChI is InChI=1S/C11H17N3O2/c1-3-6-13-9(15)7-14(2)10(16)11(8-12)4-5-11/h3-7H2,1-2H3,(H,13,15). The van der Waals surface area contributed by atoms with Crippen LogP contribution in [0.2, 0.25) is 0 Å². The Bertz CT molecular complexity index is 329. The quantitative estimate of drug-likeness (QED) is 0.727. The van der Waals surface area contributed by atoms with E-state index in [4.69, 9.17) is 5.26 Å². The molecule has 1 aliphatic carbocycles. The zero-order chi connectivity index (χ0) is 12.2. The van der Waals surface area contributed by atoms with Crippen LogP contribution in [0.25, 0.3) is 0 Å². The van der Waals surface area contributed by atoms with Crippen molar-refractivity contribution in [3.8, 4) is 6.07 Å². The van der Waals surface area contributed by atoms with Gasteiger partial charge in [-0.05, 0) is 19.3 Å². The molecule has 0 saturated heterocycles. The minimum Gasteiger partial charge on any atom is -0.355 e. The lowest BCUT2D eigenvalue weighted by molar-refractivity contribution is -0.137. The molecule has 1 aliphatic rings. The van der Waals surface area contributed by atoms with Gasteiger partial charge in [0.1, 0.15) is 5.41 Å². The lowest BCUT2D eigenvalue weighted by Crippen LogP contribution is -2.41. The second-order valence-corrected chi connectivity index (χ2v) is 4.21. The third-order valence-corrected chi connectivity index (χ3v) is 2.67. The van der Waals surface area contributed by atoms with Crippen molar-refractivity contribution in [2.24, 2.45) is 5.41 Å². The van der Waals surface area contributed by atoms with Gasteiger partial charge in [0.2, 0.25) is 11.8 Å². The molecule has 1 saturated carbocycles. The molecule has 0 aliphatic heterocycles. The Morgan fingerprint density at radius 3 is 2.56 bits per heavy atom. The van der Waals surface area contributed by atoms with Crippen LogP contribution in [0.15, 0.2) is 0 Å². The maximum absolute atomic E-state index is 11.8. The summed E-state index contributed by atoms with van der Waals surface area (Å²) in [6.07, 6.45) is 2.10. The fraction of sp³-hybridized carbons (Fsp3) is 0.727. The summed E-state index contributed by atoms with van der Waals surface area (Å²) < 4.78 is 0. The predicted molar refractivity (Wildman–Crippen MR) is 58.2 cm³/mol. The van der Waals surface area contributed by atoms with Gasteiger partial charge >= 0.3 is 0 Å². The molecule has 5 nitrogen and oxygen atoms in total. The summed E-state index contributed by atoms with van der Waals surface area (Å²) in [6.45, 7) is 2.61. The summed E-state index contributed by atoms with van der Waals surface area (Å²) in [5, 5.41) is 11.5. The lowest BCUT2D eigenvalue weighted by Gasteiger charge is -2.18. The SMILES string of the molecule is CCCNC(=O)CN(C)C(=O)C1(C#N)CC1. The number of likely N-dealkylation sites (N-methyl/N-ethyl adjacent to an activating group) is 1. The first kappa shape index (κ1) is 12.5. The van der Waals surface area contributed by atoms with Crippen LogP contribution in [0, 0.1) is 16.7 Å². The van der Waals surface area contributed by atoms with Crippen molar-refractivity contribution in [1.82, 2.24) is 10.2 Å². The largest absolute Gasteiger partial charge is 0.355 e. The van der Waals surface area contributed by atoms with Crippen LogP contribution < -0.4 is 5.32 Å². The van der Waals surface area contributed by atoms with Gasteiger partial charge in [0.25, 0.3) is 0 Å². The minimum atomic E-state index is -0.834. The van der Waals surface area contributed by atoms with E-state index in [2.05, 4.69) is 5.32 Å². The zero-order valence-electron chi connectivity index (χ0n) is 9.75. The van der Waals surface area contributed by atoms with Crippen LogP contribution >= 0.6 is 0 Å². The molecule has 0 aromatic carbocycles. The van der Waals surface area contributed by atoms with Gasteiger partial charge in [-0.25, -0.2) is 0 Å². The molecule has 16 heavy (non-hydrogen) atoms. The van der Waals surface area contributed by atoms with E-state index < -0.39 is 5.41 Å². The monoisotopic (exact) mass is 223 g/mol. The molecular formula is C11H17N3O2. The van der Waals surface area contributed by atoms with Gasteiger partial charge in [0.05, 0.1) is 12.6 Å². The van der Waals surface area contributed by atoms with E-state index in [1.165, 1.54) is 4.90 Å². The molecule has 1 fully saturated rings. The number of nitrogens with one attached hydrogen (secondary N) is 1. The van der Waals surface area contributed by atoms with Crippen molar-refractivity contribution in [3.63, 3.8) is 0 Å². The van der Waals surface area contributed by atoms with Crippen molar-refractivity contribution in [3.05, 3.63) is 0 Å². The summed E-state index contributed by atoms with van der Waals surface area (Å²) in [5.74, 6) is -0.409. The number of hydrogen-bond donors (Lipinski definition) is 1. The number of rotatable bonds is 5. The van der Waals surface area contributed by atoms with Gasteiger partial charge in [-0.15, -0.1) is 0 Å². The highest BCUT2D eigenvalue weighted by Gasteiger charge is 2.52. The maximum atomic E-state index is 11.8. The van der Waals surface area contributed by atoms with E-state index in [9.17, 15) is 9.59 Å². The van der Waals surface area contributed by atoms with Crippen LogP contribution in [0.4, 0.5) is 0 Å². The summed E-state index contributed by atoms with van der Waals surface area (Å²) in [5.41, 5.74) is -0.834. The zero-order valence-corrected chi connectivity index (χ0v) is 9.75. The van der Waals surface area contributed by atoms with Crippen LogP contribution in [0.3, 0.4) is 0 Å². The molecule has 5 heteroatoms. The summed E-state index contributed by atoms with van der Waals surface area (Å²) in [6, 6.07) is 2.03. The Hall–Kier alpha value is -1.57. The highest BCUT2D eigenvalue weighted by Crippen LogP contribution is 2.46. The smallest absolute Gasteiger partial charge is 0.243 e. The number of hydrogen-bond acceptors (Lipinski definition) is 3. The minimum absolute atomic E-state index is 0.0300. The van der Waals surface area contributed by atoms with Crippen LogP contribution in [0.1, 0.15) is 26.2 Å². The Labute approximate surface area is 95.4 Å². The van der Waals surface area contributed by atoms with Gasteiger partial charge in [-0.1, -0.05) is 6.92 Å². The number of carbonyl (C=O) groups is 2. The molecule has 0 radical (unpaired) electrons. The Balaban J connectivity index is 2.41. The molecule has 1 rings (SSSR count). The Kier molecular flexibility index (Phi) is 3.88. The molecule has 1 N–H and O–H groups in total. The molecule has 2 amide bonds. The van der Waals surface area contributed by atoms with Gasteiger partial charge < -0.3 is 10.2 Å². The van der Waals surface area contributed by atoms with Gasteiger partial charge in [0.15, 0.2) is 0 Å². The average molecular weight is 223 g/mol. The van der Waals surface area contributed by atoms with Gasteiger partial charge in [0, 0.05) is 13.6 Å². The molecule has 0 aromatic heterocycles. The molecule has 0 unspecified atom stereocenters. The van der Waals surface area contributed by atoms with E-state index in [1.54, 1.807) is 7.05 Å². The molecular weight excluding hydrogens is 206 g/mol. The predicted octanol–water partition coefficient (Wildman–Crippen LogP) is 0.275. The highest BCUT2D eigenvalue weighted by atomic mass is 16.2. The first-order valence-corrected chi connectivity index (χ1v) is 5.49. The van der Waals surface area contributed by atoms with E-state index in [-0.39, 0.29) is 18.4 Å². The van der Waals surface area contributed by atoms with E-state index >= 15 is 0 Å². The second kappa shape index (κ2) is 4.97. The maximum Gasteiger partial charge on any atom is 0.243 e. The van der Waals surface area contributed by atoms with Crippen molar-refractivity contribution in [1.29, 1.82) is 5.26 Å². The first-order chi connectivity index (χ1) is 7.55. The second-order valence-electron chi connectivity index (χ2n) is 4.21. The highest BCUT2D eigenvalue weighted by molar-refractivity contribution is 5.91. The lowest BCUT2D eigenvalue weighted by atomic mass is 10.1. The molecule has 0 aromatic rings. The van der Waals surface area contributed by atoms with Crippen LogP contribution in [-0.2, 0) is 9.59 Å². The topological polar surface area (TPSA) is 73.2 Å². The van der Waals surface area contributed by atoms with Crippen molar-refractivity contribution >= 4 is 11.8 Å². The van der Waals surface area contributed by atoms with E-state index in [0.29, 0.717) is 19.4 Å². The number of amides is 2. The molecule has 88 valence electrons. The molecule has 0 spiro atoms. The van der Waals surface area contributed by atoms with Crippen LogP contribution in [-0.4, -0.2) is 36.9 Å². The van der Waals surface area contributed by atoms with E-state index in [1.807, 2.05) is 13.0 Å². The normalized spacial score (nSPS) is 16.1. The Morgan fingerprint density at radius 1 is 1.50 bits per heavy atom. The van der Waals surface area contributed by atoms with Gasteiger partial charge in [-0.2, -0.15) is 5.26 Å². The number of nitriles is 1. The van der Waals surface area contributed by atoms with Crippen molar-refractivity contribution < 1.29 is 9.59 Å². The third kappa shape index (κ3) is 2.72. The molecule has 0 heterocycles. The Morgan fingerprint density at radius 2 is 2.12 bits per heavy atom. The average Bonchev–Trinajstić information content (AvgIpc) is 3.06. The molecule has 0 atom stereocenters. The van der Waals surface area contributed by atoms with Gasteiger partial charge in [-0.3, -0.25) is 9.59 Å². The fourth-order valence-corrected chi connectivity index (χ4v) is 1.47. The summed E-state index contributed by atoms with van der Waals surface area (Å²) >= 11 is 0. The summed E-state index contributed by atoms with van der Waals surface area (Å²) in [7, 11) is 1.56. The third-order valence-electron chi connectivity index (χ3n) is 2.67. The van der Waals surface area contributed by atoms with Crippen molar-refractivity contribution in [2.45, 2.75) is 26.2 Å². The number of nitrogens with zero attached hydrogens (tertiary/aromatic N) is 2. The van der Waals surface area contributed by atoms with Crippen LogP contribution in [0.5, 0.6) is 0 Å². The summed E-state index contributed by atoms with van der Waals surface area (Å²) in [4.78, 5) is 24.5. The van der Waals surface area contributed by atoms with Crippen molar-refractivity contribution in [2.75, 3.05) is 20.1 Å². The fourth-order valence-electron chi connectivity index (χ4n) is 1.47. The number of carbonyl (C=O) groups excluding carboxylic acids is 2. The van der Waals surface area contributed by atoms with E-state index in [0.717, 1.165) is 6.42 Å². The molecule has 0 bridgehead atoms.